The van der Waals surface area contributed by atoms with Crippen LogP contribution in [-0.2, 0) is 15.8 Å². The Morgan fingerprint density at radius 3 is 2.00 bits per heavy atom. The molecule has 1 aliphatic heterocycles. The van der Waals surface area contributed by atoms with Gasteiger partial charge in [-0.25, -0.2) is 0 Å². The number of nitrogens with zero attached hydrogens (tertiary/aromatic N) is 3. The average Bonchev–Trinajstić information content (AvgIpc) is 2.76. The fourth-order valence-corrected chi connectivity index (χ4v) is 3.59. The van der Waals surface area contributed by atoms with Crippen LogP contribution in [0, 0.1) is 17.0 Å². The number of nitro groups is 1. The van der Waals surface area contributed by atoms with Crippen molar-refractivity contribution in [1.29, 1.82) is 0 Å². The molecule has 34 heavy (non-hydrogen) atoms. The molecule has 12 heteroatoms. The summed E-state index contributed by atoms with van der Waals surface area (Å²) >= 11 is 0. The maximum absolute atomic E-state index is 13.1. The van der Waals surface area contributed by atoms with Crippen LogP contribution >= 0.6 is 0 Å². The van der Waals surface area contributed by atoms with E-state index >= 15 is 0 Å². The summed E-state index contributed by atoms with van der Waals surface area (Å²) in [6.45, 7) is 3.60. The van der Waals surface area contributed by atoms with Crippen molar-refractivity contribution in [2.75, 3.05) is 49.9 Å². The van der Waals surface area contributed by atoms with E-state index in [0.29, 0.717) is 37.4 Å². The number of hydrogen-bond donors (Lipinski definition) is 2. The van der Waals surface area contributed by atoms with E-state index in [0.717, 1.165) is 6.07 Å². The fraction of sp³-hybridized carbons (Fsp3) is 0.364. The Morgan fingerprint density at radius 2 is 1.47 bits per heavy atom. The van der Waals surface area contributed by atoms with E-state index in [1.807, 2.05) is 4.90 Å². The van der Waals surface area contributed by atoms with E-state index in [9.17, 15) is 32.9 Å². The predicted octanol–water partition coefficient (Wildman–Crippen LogP) is 3.12. The lowest BCUT2D eigenvalue weighted by Gasteiger charge is -2.33. The molecule has 0 saturated carbocycles. The molecule has 2 aromatic rings. The van der Waals surface area contributed by atoms with Crippen LogP contribution in [0.3, 0.4) is 0 Å². The average molecular weight is 479 g/mol. The summed E-state index contributed by atoms with van der Waals surface area (Å²) in [5, 5.41) is 16.0. The topological polar surface area (TPSA) is 108 Å². The molecule has 0 radical (unpaired) electrons. The summed E-state index contributed by atoms with van der Waals surface area (Å²) in [5.74, 6) is -0.873. The molecule has 1 aliphatic rings. The molecule has 0 unspecified atom stereocenters. The molecule has 1 heterocycles. The molecule has 2 aromatic carbocycles. The minimum atomic E-state index is -4.57. The summed E-state index contributed by atoms with van der Waals surface area (Å²) in [5.41, 5.74) is -0.244. The number of nitrogens with one attached hydrogen (secondary N) is 2. The van der Waals surface area contributed by atoms with Crippen LogP contribution in [0.25, 0.3) is 0 Å². The van der Waals surface area contributed by atoms with Crippen LogP contribution < -0.4 is 10.6 Å². The predicted molar refractivity (Wildman–Crippen MR) is 119 cm³/mol. The van der Waals surface area contributed by atoms with E-state index in [2.05, 4.69) is 10.6 Å². The van der Waals surface area contributed by atoms with Gasteiger partial charge in [-0.15, -0.1) is 0 Å². The van der Waals surface area contributed by atoms with Gasteiger partial charge in [0.2, 0.25) is 11.8 Å². The molecule has 0 aliphatic carbocycles. The first-order valence-corrected chi connectivity index (χ1v) is 10.5. The molecule has 3 rings (SSSR count). The monoisotopic (exact) mass is 479 g/mol. The van der Waals surface area contributed by atoms with Crippen LogP contribution in [0.4, 0.5) is 30.2 Å². The molecule has 0 atom stereocenters. The third-order valence-electron chi connectivity index (χ3n) is 5.41. The number of non-ortho nitro benzene ring substituents is 1. The zero-order valence-electron chi connectivity index (χ0n) is 18.4. The Morgan fingerprint density at radius 1 is 0.941 bits per heavy atom. The fourth-order valence-electron chi connectivity index (χ4n) is 3.59. The van der Waals surface area contributed by atoms with Crippen LogP contribution in [0.5, 0.6) is 0 Å². The Bertz CT molecular complexity index is 1070. The standard InChI is InChI=1S/C22H24F3N5O4/c1-15-6-7-16(30(33)34)12-19(15)27-21(32)14-29-10-8-28(9-11-29)13-20(31)26-18-5-3-2-4-17(18)22(23,24)25/h2-7,12H,8-11,13-14H2,1H3,(H,26,31)(H,27,32). The van der Waals surface area contributed by atoms with Crippen LogP contribution in [0.15, 0.2) is 42.5 Å². The lowest BCUT2D eigenvalue weighted by atomic mass is 10.1. The first-order valence-electron chi connectivity index (χ1n) is 10.5. The highest BCUT2D eigenvalue weighted by Crippen LogP contribution is 2.34. The second-order valence-electron chi connectivity index (χ2n) is 7.95. The highest BCUT2D eigenvalue weighted by atomic mass is 19.4. The van der Waals surface area contributed by atoms with E-state index in [1.165, 1.54) is 30.3 Å². The molecular weight excluding hydrogens is 455 g/mol. The summed E-state index contributed by atoms with van der Waals surface area (Å²) in [6.07, 6.45) is -4.57. The molecule has 2 amide bonds. The molecule has 1 fully saturated rings. The van der Waals surface area contributed by atoms with Gasteiger partial charge in [-0.3, -0.25) is 29.5 Å². The Hall–Kier alpha value is -3.51. The zero-order chi connectivity index (χ0) is 24.9. The van der Waals surface area contributed by atoms with Gasteiger partial charge in [-0.2, -0.15) is 13.2 Å². The first kappa shape index (κ1) is 25.1. The number of rotatable bonds is 7. The number of alkyl halides is 3. The van der Waals surface area contributed by atoms with Crippen molar-refractivity contribution in [2.45, 2.75) is 13.1 Å². The van der Waals surface area contributed by atoms with Gasteiger partial charge in [0.1, 0.15) is 0 Å². The van der Waals surface area contributed by atoms with Crippen molar-refractivity contribution in [3.63, 3.8) is 0 Å². The molecule has 0 spiro atoms. The number of piperazine rings is 1. The number of para-hydroxylation sites is 1. The lowest BCUT2D eigenvalue weighted by Crippen LogP contribution is -2.50. The first-order chi connectivity index (χ1) is 16.0. The minimum Gasteiger partial charge on any atom is -0.324 e. The number of nitro benzene ring substituents is 1. The molecule has 0 bridgehead atoms. The van der Waals surface area contributed by atoms with Gasteiger partial charge in [0, 0.05) is 38.3 Å². The van der Waals surface area contributed by atoms with Crippen LogP contribution in [0.1, 0.15) is 11.1 Å². The van der Waals surface area contributed by atoms with Gasteiger partial charge < -0.3 is 10.6 Å². The number of aryl methyl sites for hydroxylation is 1. The summed E-state index contributed by atoms with van der Waals surface area (Å²) < 4.78 is 39.3. The minimum absolute atomic E-state index is 0.0703. The molecular formula is C22H24F3N5O4. The molecule has 9 nitrogen and oxygen atoms in total. The maximum Gasteiger partial charge on any atom is 0.418 e. The Kier molecular flexibility index (Phi) is 7.84. The van der Waals surface area contributed by atoms with Gasteiger partial charge >= 0.3 is 6.18 Å². The number of benzene rings is 2. The molecule has 0 aromatic heterocycles. The van der Waals surface area contributed by atoms with Gasteiger partial charge in [0.25, 0.3) is 5.69 Å². The number of carbonyl (C=O) groups is 2. The van der Waals surface area contributed by atoms with Gasteiger partial charge in [0.05, 0.1) is 35.0 Å². The number of hydrogen-bond acceptors (Lipinski definition) is 6. The summed E-state index contributed by atoms with van der Waals surface area (Å²) in [4.78, 5) is 38.8. The highest BCUT2D eigenvalue weighted by molar-refractivity contribution is 5.94. The molecule has 1 saturated heterocycles. The van der Waals surface area contributed by atoms with Gasteiger partial charge in [-0.1, -0.05) is 18.2 Å². The quantitative estimate of drug-likeness (QED) is 0.467. The lowest BCUT2D eigenvalue weighted by molar-refractivity contribution is -0.384. The number of halogens is 3. The highest BCUT2D eigenvalue weighted by Gasteiger charge is 2.33. The van der Waals surface area contributed by atoms with Crippen molar-refractivity contribution in [3.8, 4) is 0 Å². The number of carbonyl (C=O) groups excluding carboxylic acids is 2. The molecule has 2 N–H and O–H groups in total. The van der Waals surface area contributed by atoms with Crippen molar-refractivity contribution >= 4 is 28.9 Å². The number of amides is 2. The van der Waals surface area contributed by atoms with Crippen molar-refractivity contribution in [1.82, 2.24) is 9.80 Å². The smallest absolute Gasteiger partial charge is 0.324 e. The zero-order valence-corrected chi connectivity index (χ0v) is 18.4. The van der Waals surface area contributed by atoms with Crippen molar-refractivity contribution in [2.24, 2.45) is 0 Å². The Labute approximate surface area is 193 Å². The van der Waals surface area contributed by atoms with E-state index in [1.54, 1.807) is 17.9 Å². The largest absolute Gasteiger partial charge is 0.418 e. The normalized spacial score (nSPS) is 15.1. The van der Waals surface area contributed by atoms with E-state index in [4.69, 9.17) is 0 Å². The van der Waals surface area contributed by atoms with Crippen LogP contribution in [0.2, 0.25) is 0 Å². The maximum atomic E-state index is 13.1. The van der Waals surface area contributed by atoms with E-state index < -0.39 is 22.6 Å². The van der Waals surface area contributed by atoms with Gasteiger partial charge in [-0.05, 0) is 24.6 Å². The summed E-state index contributed by atoms with van der Waals surface area (Å²) in [7, 11) is 0. The van der Waals surface area contributed by atoms with E-state index in [-0.39, 0.29) is 30.4 Å². The van der Waals surface area contributed by atoms with Crippen molar-refractivity contribution < 1.29 is 27.7 Å². The summed E-state index contributed by atoms with van der Waals surface area (Å²) in [6, 6.07) is 9.03. The Balaban J connectivity index is 1.47. The SMILES string of the molecule is Cc1ccc([N+](=O)[O-])cc1NC(=O)CN1CCN(CC(=O)Nc2ccccc2C(F)(F)F)CC1. The molecule has 182 valence electrons. The second-order valence-corrected chi connectivity index (χ2v) is 7.95. The second kappa shape index (κ2) is 10.6. The van der Waals surface area contributed by atoms with Crippen LogP contribution in [-0.4, -0.2) is 65.8 Å². The third-order valence-corrected chi connectivity index (χ3v) is 5.41. The number of anilines is 2. The van der Waals surface area contributed by atoms with Gasteiger partial charge in [0.15, 0.2) is 0 Å². The van der Waals surface area contributed by atoms with Crippen molar-refractivity contribution in [3.05, 3.63) is 63.7 Å². The third kappa shape index (κ3) is 6.75.